The van der Waals surface area contributed by atoms with Gasteiger partial charge in [0, 0.05) is 35.9 Å². The van der Waals surface area contributed by atoms with E-state index in [1.807, 2.05) is 37.3 Å². The summed E-state index contributed by atoms with van der Waals surface area (Å²) in [6.45, 7) is 2.40. The Morgan fingerprint density at radius 2 is 1.82 bits per heavy atom. The Labute approximate surface area is 200 Å². The maximum Gasteiger partial charge on any atom is 0.328 e. The van der Waals surface area contributed by atoms with Crippen LogP contribution in [-0.2, 0) is 17.8 Å². The zero-order valence-electron chi connectivity index (χ0n) is 19.8. The first-order chi connectivity index (χ1) is 16.4. The Morgan fingerprint density at radius 3 is 2.44 bits per heavy atom. The molecule has 0 aliphatic rings. The van der Waals surface area contributed by atoms with Gasteiger partial charge in [-0.1, -0.05) is 30.3 Å². The predicted molar refractivity (Wildman–Crippen MR) is 131 cm³/mol. The largest absolute Gasteiger partial charge is 0.496 e. The molecule has 1 heterocycles. The molecule has 2 atom stereocenters. The summed E-state index contributed by atoms with van der Waals surface area (Å²) in [5.41, 5.74) is 3.55. The van der Waals surface area contributed by atoms with Crippen LogP contribution in [0.15, 0.2) is 60.9 Å². The zero-order chi connectivity index (χ0) is 24.5. The number of aliphatic carboxylic acids is 1. The summed E-state index contributed by atoms with van der Waals surface area (Å²) in [6.07, 6.45) is 7.81. The van der Waals surface area contributed by atoms with E-state index in [9.17, 15) is 9.90 Å². The third-order valence-electron chi connectivity index (χ3n) is 5.94. The van der Waals surface area contributed by atoms with Gasteiger partial charge in [-0.05, 0) is 55.5 Å². The fourth-order valence-electron chi connectivity index (χ4n) is 4.08. The number of aromatic nitrogens is 2. The third-order valence-corrected chi connectivity index (χ3v) is 5.94. The van der Waals surface area contributed by atoms with E-state index in [1.165, 1.54) is 11.6 Å². The molecule has 0 amide bonds. The van der Waals surface area contributed by atoms with Crippen molar-refractivity contribution >= 4 is 12.0 Å². The van der Waals surface area contributed by atoms with Gasteiger partial charge in [0.25, 0.3) is 0 Å². The van der Waals surface area contributed by atoms with E-state index < -0.39 is 12.1 Å². The lowest BCUT2D eigenvalue weighted by atomic mass is 9.89. The molecule has 0 radical (unpaired) electrons. The van der Waals surface area contributed by atoms with Gasteiger partial charge in [0.15, 0.2) is 0 Å². The molecule has 7 heteroatoms. The Bertz CT molecular complexity index is 1080. The molecule has 34 heavy (non-hydrogen) atoms. The lowest BCUT2D eigenvalue weighted by Gasteiger charge is -2.25. The summed E-state index contributed by atoms with van der Waals surface area (Å²) < 4.78 is 12.8. The second kappa shape index (κ2) is 12.0. The van der Waals surface area contributed by atoms with E-state index in [1.54, 1.807) is 31.3 Å². The highest BCUT2D eigenvalue weighted by molar-refractivity contribution is 5.85. The molecule has 0 aliphatic carbocycles. The van der Waals surface area contributed by atoms with Crippen molar-refractivity contribution in [2.24, 2.45) is 5.92 Å². The number of ether oxygens (including phenoxy) is 2. The standard InChI is InChI=1S/C27H32N2O5/c1-19-24(33-2)14-23(15-25(19)34-3)27(32)22(11-7-10-20-8-5-4-6-9-20)18-29-17-21(16-28-29)12-13-26(30)31/h4-6,8-9,12-17,22,27,32H,7,10-11,18H2,1-3H3,(H,30,31)/b13-12+/t22-,27-/m0/s1. The lowest BCUT2D eigenvalue weighted by Crippen LogP contribution is -2.20. The molecule has 0 fully saturated rings. The maximum atomic E-state index is 11.4. The Morgan fingerprint density at radius 1 is 1.15 bits per heavy atom. The summed E-state index contributed by atoms with van der Waals surface area (Å²) in [5.74, 6) is 0.189. The minimum atomic E-state index is -1.01. The summed E-state index contributed by atoms with van der Waals surface area (Å²) >= 11 is 0. The van der Waals surface area contributed by atoms with Gasteiger partial charge in [0.2, 0.25) is 0 Å². The van der Waals surface area contributed by atoms with Crippen LogP contribution >= 0.6 is 0 Å². The molecule has 2 N–H and O–H groups in total. The van der Waals surface area contributed by atoms with E-state index >= 15 is 0 Å². The third kappa shape index (κ3) is 6.71. The fraction of sp³-hybridized carbons (Fsp3) is 0.333. The quantitative estimate of drug-likeness (QED) is 0.378. The number of aliphatic hydroxyl groups is 1. The van der Waals surface area contributed by atoms with E-state index in [2.05, 4.69) is 17.2 Å². The van der Waals surface area contributed by atoms with Crippen LogP contribution in [0.5, 0.6) is 11.5 Å². The number of nitrogens with zero attached hydrogens (tertiary/aromatic N) is 2. The first-order valence-electron chi connectivity index (χ1n) is 11.3. The van der Waals surface area contributed by atoms with Crippen molar-refractivity contribution in [1.29, 1.82) is 0 Å². The first kappa shape index (κ1) is 25.1. The fourth-order valence-corrected chi connectivity index (χ4v) is 4.08. The average Bonchev–Trinajstić information content (AvgIpc) is 3.30. The summed E-state index contributed by atoms with van der Waals surface area (Å²) in [4.78, 5) is 10.8. The van der Waals surface area contributed by atoms with Crippen molar-refractivity contribution in [3.63, 3.8) is 0 Å². The Kier molecular flexibility index (Phi) is 8.87. The van der Waals surface area contributed by atoms with E-state index in [4.69, 9.17) is 14.6 Å². The molecule has 0 unspecified atom stereocenters. The highest BCUT2D eigenvalue weighted by atomic mass is 16.5. The number of carboxylic acid groups (broad SMARTS) is 1. The van der Waals surface area contributed by atoms with Gasteiger partial charge < -0.3 is 19.7 Å². The highest BCUT2D eigenvalue weighted by Gasteiger charge is 2.24. The molecule has 7 nitrogen and oxygen atoms in total. The molecule has 0 saturated heterocycles. The SMILES string of the molecule is COc1cc([C@@H](O)[C@@H](CCCc2ccccc2)Cn2cc(/C=C/C(=O)O)cn2)cc(OC)c1C. The number of benzene rings is 2. The van der Waals surface area contributed by atoms with Gasteiger partial charge >= 0.3 is 5.97 Å². The second-order valence-corrected chi connectivity index (χ2v) is 8.30. The zero-order valence-corrected chi connectivity index (χ0v) is 19.8. The van der Waals surface area contributed by atoms with Crippen LogP contribution in [0.25, 0.3) is 6.08 Å². The van der Waals surface area contributed by atoms with Gasteiger partial charge in [-0.25, -0.2) is 4.79 Å². The number of aliphatic hydroxyl groups excluding tert-OH is 1. The molecular formula is C27H32N2O5. The molecule has 1 aromatic heterocycles. The molecule has 180 valence electrons. The molecular weight excluding hydrogens is 432 g/mol. The molecule has 0 aliphatic heterocycles. The molecule has 2 aromatic carbocycles. The van der Waals surface area contributed by atoms with E-state index in [0.717, 1.165) is 36.5 Å². The van der Waals surface area contributed by atoms with Crippen LogP contribution in [-0.4, -0.2) is 40.2 Å². The molecule has 3 rings (SSSR count). The van der Waals surface area contributed by atoms with Crippen LogP contribution < -0.4 is 9.47 Å². The van der Waals surface area contributed by atoms with Crippen molar-refractivity contribution < 1.29 is 24.5 Å². The summed E-state index contributed by atoms with van der Waals surface area (Å²) in [7, 11) is 3.20. The summed E-state index contributed by atoms with van der Waals surface area (Å²) in [5, 5.41) is 24.6. The lowest BCUT2D eigenvalue weighted by molar-refractivity contribution is -0.131. The maximum absolute atomic E-state index is 11.4. The minimum Gasteiger partial charge on any atom is -0.496 e. The molecule has 0 saturated carbocycles. The van der Waals surface area contributed by atoms with Gasteiger partial charge in [0.05, 0.1) is 26.5 Å². The number of carbonyl (C=O) groups is 1. The van der Waals surface area contributed by atoms with Gasteiger partial charge in [-0.2, -0.15) is 5.10 Å². The van der Waals surface area contributed by atoms with Crippen LogP contribution in [0.1, 0.15) is 41.2 Å². The topological polar surface area (TPSA) is 93.8 Å². The van der Waals surface area contributed by atoms with Gasteiger partial charge in [0.1, 0.15) is 11.5 Å². The van der Waals surface area contributed by atoms with Gasteiger partial charge in [-0.3, -0.25) is 4.68 Å². The van der Waals surface area contributed by atoms with Gasteiger partial charge in [-0.15, -0.1) is 0 Å². The predicted octanol–water partition coefficient (Wildman–Crippen LogP) is 4.68. The van der Waals surface area contributed by atoms with Crippen molar-refractivity contribution in [2.45, 2.75) is 38.8 Å². The average molecular weight is 465 g/mol. The number of hydrogen-bond donors (Lipinski definition) is 2. The normalized spacial score (nSPS) is 13.1. The second-order valence-electron chi connectivity index (χ2n) is 8.30. The van der Waals surface area contributed by atoms with Crippen molar-refractivity contribution in [1.82, 2.24) is 9.78 Å². The number of rotatable bonds is 12. The van der Waals surface area contributed by atoms with E-state index in [0.29, 0.717) is 23.6 Å². The minimum absolute atomic E-state index is 0.128. The molecule has 0 bridgehead atoms. The van der Waals surface area contributed by atoms with E-state index in [-0.39, 0.29) is 5.92 Å². The van der Waals surface area contributed by atoms with Crippen molar-refractivity contribution in [3.8, 4) is 11.5 Å². The number of hydrogen-bond acceptors (Lipinski definition) is 5. The molecule has 0 spiro atoms. The monoisotopic (exact) mass is 464 g/mol. The van der Waals surface area contributed by atoms with Crippen LogP contribution in [0.3, 0.4) is 0 Å². The van der Waals surface area contributed by atoms with Crippen molar-refractivity contribution in [2.75, 3.05) is 14.2 Å². The Balaban J connectivity index is 1.82. The first-order valence-corrected chi connectivity index (χ1v) is 11.3. The van der Waals surface area contributed by atoms with Crippen LogP contribution in [0.4, 0.5) is 0 Å². The number of aryl methyl sites for hydroxylation is 1. The van der Waals surface area contributed by atoms with Crippen LogP contribution in [0.2, 0.25) is 0 Å². The number of methoxy groups -OCH3 is 2. The summed E-state index contributed by atoms with van der Waals surface area (Å²) in [6, 6.07) is 14.0. The Hall–Kier alpha value is -3.58. The smallest absolute Gasteiger partial charge is 0.328 e. The van der Waals surface area contributed by atoms with Crippen LogP contribution in [0, 0.1) is 12.8 Å². The number of carboxylic acids is 1. The highest BCUT2D eigenvalue weighted by Crippen LogP contribution is 2.36. The molecule has 3 aromatic rings. The van der Waals surface area contributed by atoms with Crippen molar-refractivity contribution in [3.05, 3.63) is 83.2 Å².